The van der Waals surface area contributed by atoms with Crippen LogP contribution in [0.25, 0.3) is 11.3 Å². The van der Waals surface area contributed by atoms with Gasteiger partial charge in [0.2, 0.25) is 0 Å². The second-order valence-corrected chi connectivity index (χ2v) is 4.35. The first kappa shape index (κ1) is 11.9. The minimum absolute atomic E-state index is 1.04. The molecule has 0 fully saturated rings. The molecule has 1 heterocycles. The van der Waals surface area contributed by atoms with Gasteiger partial charge in [-0.15, -0.1) is 0 Å². The van der Waals surface area contributed by atoms with E-state index in [0.29, 0.717) is 0 Å². The Bertz CT molecular complexity index is 474. The molecule has 2 aromatic rings. The molecule has 0 saturated carbocycles. The van der Waals surface area contributed by atoms with Crippen molar-refractivity contribution in [3.63, 3.8) is 0 Å². The van der Waals surface area contributed by atoms with Gasteiger partial charge in [0.05, 0.1) is 11.9 Å². The van der Waals surface area contributed by atoms with Crippen molar-refractivity contribution in [2.45, 2.75) is 19.8 Å². The maximum Gasteiger partial charge on any atom is 0.0682 e. The molecular weight excluding hydrogens is 210 g/mol. The number of hydrogen-bond acceptors (Lipinski definition) is 2. The maximum absolute atomic E-state index is 4.16. The Morgan fingerprint density at radius 3 is 3.00 bits per heavy atom. The van der Waals surface area contributed by atoms with Crippen LogP contribution in [0.2, 0.25) is 0 Å². The second-order valence-electron chi connectivity index (χ2n) is 4.35. The lowest BCUT2D eigenvalue weighted by molar-refractivity contribution is 0.725. The zero-order chi connectivity index (χ0) is 12.1. The number of aryl methyl sites for hydroxylation is 2. The monoisotopic (exact) mass is 229 g/mol. The highest BCUT2D eigenvalue weighted by Crippen LogP contribution is 2.22. The fraction of sp³-hybridized carbons (Fsp3) is 0.357. The molecule has 0 radical (unpaired) electrons. The van der Waals surface area contributed by atoms with Crippen molar-refractivity contribution in [3.8, 4) is 11.3 Å². The quantitative estimate of drug-likeness (QED) is 0.773. The van der Waals surface area contributed by atoms with Crippen molar-refractivity contribution >= 4 is 0 Å². The molecule has 1 aromatic carbocycles. The molecule has 0 bridgehead atoms. The molecule has 1 aromatic heterocycles. The van der Waals surface area contributed by atoms with Crippen LogP contribution < -0.4 is 5.32 Å². The predicted molar refractivity (Wildman–Crippen MR) is 71.0 cm³/mol. The number of hydrogen-bond donors (Lipinski definition) is 2. The Hall–Kier alpha value is -1.61. The van der Waals surface area contributed by atoms with Crippen molar-refractivity contribution in [1.29, 1.82) is 0 Å². The number of aromatic nitrogens is 2. The Morgan fingerprint density at radius 2 is 2.24 bits per heavy atom. The molecule has 3 nitrogen and oxygen atoms in total. The maximum atomic E-state index is 4.16. The fourth-order valence-electron chi connectivity index (χ4n) is 2.01. The van der Waals surface area contributed by atoms with Crippen LogP contribution in [0.4, 0.5) is 0 Å². The zero-order valence-corrected chi connectivity index (χ0v) is 10.5. The SMILES string of the molecule is CNCCCc1cn[nH]c1-c1cccc(C)c1. The molecule has 0 saturated heterocycles. The van der Waals surface area contributed by atoms with Gasteiger partial charge < -0.3 is 5.32 Å². The van der Waals surface area contributed by atoms with Crippen LogP contribution in [0.15, 0.2) is 30.5 Å². The zero-order valence-electron chi connectivity index (χ0n) is 10.5. The highest BCUT2D eigenvalue weighted by Gasteiger charge is 2.07. The third kappa shape index (κ3) is 2.94. The summed E-state index contributed by atoms with van der Waals surface area (Å²) in [4.78, 5) is 0. The van der Waals surface area contributed by atoms with Gasteiger partial charge in [0, 0.05) is 5.56 Å². The van der Waals surface area contributed by atoms with Gasteiger partial charge in [-0.2, -0.15) is 5.10 Å². The first-order valence-corrected chi connectivity index (χ1v) is 6.05. The van der Waals surface area contributed by atoms with Crippen molar-refractivity contribution in [3.05, 3.63) is 41.6 Å². The van der Waals surface area contributed by atoms with Gasteiger partial charge in [-0.05, 0) is 45.0 Å². The van der Waals surface area contributed by atoms with Crippen LogP contribution in [-0.2, 0) is 6.42 Å². The Morgan fingerprint density at radius 1 is 1.35 bits per heavy atom. The van der Waals surface area contributed by atoms with Crippen LogP contribution in [0.5, 0.6) is 0 Å². The Kier molecular flexibility index (Phi) is 3.94. The largest absolute Gasteiger partial charge is 0.320 e. The molecular formula is C14H19N3. The molecule has 0 aliphatic heterocycles. The second kappa shape index (κ2) is 5.64. The summed E-state index contributed by atoms with van der Waals surface area (Å²) in [5.74, 6) is 0. The molecule has 90 valence electrons. The normalized spacial score (nSPS) is 10.7. The van der Waals surface area contributed by atoms with E-state index in [1.54, 1.807) is 0 Å². The van der Waals surface area contributed by atoms with Crippen LogP contribution in [0, 0.1) is 6.92 Å². The van der Waals surface area contributed by atoms with E-state index < -0.39 is 0 Å². The van der Waals surface area contributed by atoms with Crippen LogP contribution >= 0.6 is 0 Å². The van der Waals surface area contributed by atoms with Crippen molar-refractivity contribution in [1.82, 2.24) is 15.5 Å². The molecule has 0 aliphatic carbocycles. The summed E-state index contributed by atoms with van der Waals surface area (Å²) >= 11 is 0. The van der Waals surface area contributed by atoms with Crippen LogP contribution in [0.1, 0.15) is 17.5 Å². The summed E-state index contributed by atoms with van der Waals surface area (Å²) in [6.45, 7) is 3.15. The standard InChI is InChI=1S/C14H19N3/c1-11-5-3-6-12(9-11)14-13(10-16-17-14)7-4-8-15-2/h3,5-6,9-10,15H,4,7-8H2,1-2H3,(H,16,17). The van der Waals surface area contributed by atoms with Crippen molar-refractivity contribution in [2.75, 3.05) is 13.6 Å². The lowest BCUT2D eigenvalue weighted by atomic mass is 10.0. The lowest BCUT2D eigenvalue weighted by Gasteiger charge is -2.04. The van der Waals surface area contributed by atoms with Gasteiger partial charge in [-0.3, -0.25) is 5.10 Å². The average molecular weight is 229 g/mol. The molecule has 17 heavy (non-hydrogen) atoms. The first-order valence-electron chi connectivity index (χ1n) is 6.05. The third-order valence-electron chi connectivity index (χ3n) is 2.90. The van der Waals surface area contributed by atoms with Gasteiger partial charge in [0.15, 0.2) is 0 Å². The summed E-state index contributed by atoms with van der Waals surface area (Å²) in [6.07, 6.45) is 4.13. The van der Waals surface area contributed by atoms with E-state index in [1.165, 1.54) is 16.7 Å². The average Bonchev–Trinajstić information content (AvgIpc) is 2.78. The Labute approximate surface area is 102 Å². The highest BCUT2D eigenvalue weighted by molar-refractivity contribution is 5.63. The Balaban J connectivity index is 2.18. The molecule has 3 heteroatoms. The van der Waals surface area contributed by atoms with E-state index in [-0.39, 0.29) is 0 Å². The molecule has 0 unspecified atom stereocenters. The predicted octanol–water partition coefficient (Wildman–Crippen LogP) is 2.54. The van der Waals surface area contributed by atoms with Gasteiger partial charge in [0.1, 0.15) is 0 Å². The molecule has 0 aliphatic rings. The van der Waals surface area contributed by atoms with Crippen LogP contribution in [0.3, 0.4) is 0 Å². The minimum Gasteiger partial charge on any atom is -0.320 e. The van der Waals surface area contributed by atoms with Gasteiger partial charge in [-0.25, -0.2) is 0 Å². The molecule has 0 amide bonds. The van der Waals surface area contributed by atoms with Crippen LogP contribution in [-0.4, -0.2) is 23.8 Å². The molecule has 2 rings (SSSR count). The third-order valence-corrected chi connectivity index (χ3v) is 2.90. The van der Waals surface area contributed by atoms with E-state index in [2.05, 4.69) is 46.7 Å². The summed E-state index contributed by atoms with van der Waals surface area (Å²) in [6, 6.07) is 8.51. The van der Waals surface area contributed by atoms with Gasteiger partial charge in [-0.1, -0.05) is 23.8 Å². The number of nitrogens with zero attached hydrogens (tertiary/aromatic N) is 1. The van der Waals surface area contributed by atoms with Gasteiger partial charge >= 0.3 is 0 Å². The fourth-order valence-corrected chi connectivity index (χ4v) is 2.01. The van der Waals surface area contributed by atoms with E-state index in [0.717, 1.165) is 25.1 Å². The summed E-state index contributed by atoms with van der Waals surface area (Å²) in [7, 11) is 1.98. The highest BCUT2D eigenvalue weighted by atomic mass is 15.1. The molecule has 2 N–H and O–H groups in total. The van der Waals surface area contributed by atoms with E-state index in [1.807, 2.05) is 13.2 Å². The number of rotatable bonds is 5. The minimum atomic E-state index is 1.04. The van der Waals surface area contributed by atoms with E-state index in [9.17, 15) is 0 Å². The van der Waals surface area contributed by atoms with Crippen molar-refractivity contribution < 1.29 is 0 Å². The number of benzene rings is 1. The topological polar surface area (TPSA) is 40.7 Å². The number of H-pyrrole nitrogens is 1. The smallest absolute Gasteiger partial charge is 0.0682 e. The first-order chi connectivity index (χ1) is 8.31. The summed E-state index contributed by atoms with van der Waals surface area (Å²) in [5.41, 5.74) is 4.95. The molecule has 0 spiro atoms. The lowest BCUT2D eigenvalue weighted by Crippen LogP contribution is -2.08. The van der Waals surface area contributed by atoms with Gasteiger partial charge in [0.25, 0.3) is 0 Å². The number of aromatic amines is 1. The van der Waals surface area contributed by atoms with E-state index >= 15 is 0 Å². The summed E-state index contributed by atoms with van der Waals surface area (Å²) < 4.78 is 0. The van der Waals surface area contributed by atoms with Crippen molar-refractivity contribution in [2.24, 2.45) is 0 Å². The van der Waals surface area contributed by atoms with E-state index in [4.69, 9.17) is 0 Å². The summed E-state index contributed by atoms with van der Waals surface area (Å²) in [5, 5.41) is 10.4. The number of nitrogens with one attached hydrogen (secondary N) is 2. The molecule has 0 atom stereocenters.